The number of amides is 1. The molecule has 1 atom stereocenters. The second kappa shape index (κ2) is 9.21. The number of aromatic hydroxyl groups is 1. The highest BCUT2D eigenvalue weighted by Gasteiger charge is 2.22. The van der Waals surface area contributed by atoms with Crippen molar-refractivity contribution >= 4 is 23.2 Å². The van der Waals surface area contributed by atoms with E-state index >= 15 is 0 Å². The summed E-state index contributed by atoms with van der Waals surface area (Å²) in [6.07, 6.45) is 1.14. The number of nitrogens with zero attached hydrogens (tertiary/aromatic N) is 4. The minimum atomic E-state index is -0.586. The van der Waals surface area contributed by atoms with Crippen LogP contribution in [-0.4, -0.2) is 70.0 Å². The van der Waals surface area contributed by atoms with Crippen molar-refractivity contribution in [3.05, 3.63) is 45.2 Å². The van der Waals surface area contributed by atoms with Crippen LogP contribution in [0.3, 0.4) is 0 Å². The van der Waals surface area contributed by atoms with Gasteiger partial charge in [-0.05, 0) is 18.1 Å². The Morgan fingerprint density at radius 3 is 2.86 bits per heavy atom. The number of nitro groups is 1. The molecule has 1 aromatic heterocycles. The summed E-state index contributed by atoms with van der Waals surface area (Å²) < 4.78 is 6.39. The average Bonchev–Trinajstić information content (AvgIpc) is 3.08. The molecule has 0 unspecified atom stereocenters. The largest absolute Gasteiger partial charge is 0.504 e. The molecule has 1 aromatic carbocycles. The third kappa shape index (κ3) is 5.22. The van der Waals surface area contributed by atoms with Gasteiger partial charge in [0.15, 0.2) is 11.4 Å². The Balaban J connectivity index is 1.68. The van der Waals surface area contributed by atoms with Gasteiger partial charge < -0.3 is 15.2 Å². The predicted molar refractivity (Wildman–Crippen MR) is 106 cm³/mol. The molecule has 1 fully saturated rings. The molecule has 10 nitrogen and oxygen atoms in total. The molecule has 2 N–H and O–H groups in total. The smallest absolute Gasteiger partial charge is 0.294 e. The number of carbonyl (C=O) groups excluding carboxylic acids is 1. The summed E-state index contributed by atoms with van der Waals surface area (Å²) in [6, 6.07) is 3.97. The quantitative estimate of drug-likeness (QED) is 0.514. The lowest BCUT2D eigenvalue weighted by atomic mass is 10.1. The molecule has 1 aliphatic heterocycles. The molecule has 0 bridgehead atoms. The van der Waals surface area contributed by atoms with E-state index in [0.29, 0.717) is 19.8 Å². The van der Waals surface area contributed by atoms with Crippen LogP contribution < -0.4 is 5.32 Å². The van der Waals surface area contributed by atoms with Gasteiger partial charge in [-0.2, -0.15) is 5.10 Å². The Morgan fingerprint density at radius 2 is 2.17 bits per heavy atom. The lowest BCUT2D eigenvalue weighted by Gasteiger charge is -2.29. The summed E-state index contributed by atoms with van der Waals surface area (Å²) in [5.41, 5.74) is -0.404. The van der Waals surface area contributed by atoms with Crippen LogP contribution in [0, 0.1) is 16.0 Å². The molecule has 0 saturated carbocycles. The van der Waals surface area contributed by atoms with Gasteiger partial charge in [0.05, 0.1) is 24.3 Å². The number of aromatic nitrogens is 2. The van der Waals surface area contributed by atoms with Crippen molar-refractivity contribution in [3.63, 3.8) is 0 Å². The monoisotopic (exact) mass is 423 g/mol. The van der Waals surface area contributed by atoms with Gasteiger partial charge in [0.2, 0.25) is 0 Å². The molecule has 0 aliphatic carbocycles. The second-order valence-corrected chi connectivity index (χ2v) is 7.36. The van der Waals surface area contributed by atoms with Crippen LogP contribution in [0.4, 0.5) is 5.69 Å². The van der Waals surface area contributed by atoms with Gasteiger partial charge in [0.1, 0.15) is 5.69 Å². The number of hydrogen-bond donors (Lipinski definition) is 2. The maximum Gasteiger partial charge on any atom is 0.294 e. The molecule has 1 aliphatic rings. The van der Waals surface area contributed by atoms with Crippen LogP contribution in [0.2, 0.25) is 5.02 Å². The second-order valence-electron chi connectivity index (χ2n) is 6.93. The first-order valence-corrected chi connectivity index (χ1v) is 9.54. The zero-order chi connectivity index (χ0) is 21.0. The molecule has 0 spiro atoms. The number of hydrogen-bond acceptors (Lipinski definition) is 7. The van der Waals surface area contributed by atoms with Crippen LogP contribution >= 0.6 is 11.6 Å². The van der Waals surface area contributed by atoms with Crippen molar-refractivity contribution < 1.29 is 19.6 Å². The Morgan fingerprint density at radius 1 is 1.45 bits per heavy atom. The Labute approximate surface area is 172 Å². The van der Waals surface area contributed by atoms with Gasteiger partial charge in [-0.3, -0.25) is 19.8 Å². The molecule has 3 rings (SSSR count). The lowest BCUT2D eigenvalue weighted by molar-refractivity contribution is -0.384. The van der Waals surface area contributed by atoms with Crippen molar-refractivity contribution in [2.45, 2.75) is 6.92 Å². The zero-order valence-corrected chi connectivity index (χ0v) is 16.6. The summed E-state index contributed by atoms with van der Waals surface area (Å²) in [5, 5.41) is 28.4. The van der Waals surface area contributed by atoms with E-state index in [1.165, 1.54) is 18.2 Å². The summed E-state index contributed by atoms with van der Waals surface area (Å²) in [6.45, 7) is 6.38. The molecule has 11 heteroatoms. The van der Waals surface area contributed by atoms with Gasteiger partial charge in [-0.1, -0.05) is 18.5 Å². The van der Waals surface area contributed by atoms with E-state index in [0.717, 1.165) is 30.5 Å². The topological polar surface area (TPSA) is 123 Å². The van der Waals surface area contributed by atoms with E-state index in [4.69, 9.17) is 16.3 Å². The molecule has 2 heterocycles. The predicted octanol–water partition coefficient (Wildman–Crippen LogP) is 1.84. The third-order valence-corrected chi connectivity index (χ3v) is 4.81. The van der Waals surface area contributed by atoms with Gasteiger partial charge >= 0.3 is 0 Å². The van der Waals surface area contributed by atoms with Crippen LogP contribution in [0.1, 0.15) is 17.4 Å². The number of ether oxygens (including phenoxy) is 1. The number of halogens is 1. The fraction of sp³-hybridized carbons (Fsp3) is 0.444. The molecule has 29 heavy (non-hydrogen) atoms. The molecular formula is C18H22ClN5O5. The highest BCUT2D eigenvalue weighted by molar-refractivity contribution is 6.30. The number of nitro benzene ring substituents is 1. The SMILES string of the molecule is C[C@@H](CNC(=O)c1nn(-c2cc(Cl)ccc2[N+](=O)[O-])cc1O)CN1CCOCC1. The zero-order valence-electron chi connectivity index (χ0n) is 15.9. The Bertz CT molecular complexity index is 897. The van der Waals surface area contributed by atoms with Crippen LogP contribution in [0.25, 0.3) is 5.69 Å². The molecule has 0 radical (unpaired) electrons. The first kappa shape index (κ1) is 21.0. The number of morpholine rings is 1. The van der Waals surface area contributed by atoms with Gasteiger partial charge in [-0.15, -0.1) is 0 Å². The number of nitrogens with one attached hydrogen (secondary N) is 1. The molecule has 156 valence electrons. The first-order chi connectivity index (χ1) is 13.8. The molecule has 1 amide bonds. The summed E-state index contributed by atoms with van der Waals surface area (Å²) in [7, 11) is 0. The van der Waals surface area contributed by atoms with Gasteiger partial charge in [-0.25, -0.2) is 4.68 Å². The van der Waals surface area contributed by atoms with Gasteiger partial charge in [0.25, 0.3) is 11.6 Å². The average molecular weight is 424 g/mol. The van der Waals surface area contributed by atoms with Crippen molar-refractivity contribution in [2.24, 2.45) is 5.92 Å². The number of rotatable bonds is 7. The molecule has 1 saturated heterocycles. The van der Waals surface area contributed by atoms with E-state index in [-0.39, 0.29) is 33.8 Å². The highest BCUT2D eigenvalue weighted by Crippen LogP contribution is 2.28. The lowest BCUT2D eigenvalue weighted by Crippen LogP contribution is -2.41. The van der Waals surface area contributed by atoms with Crippen molar-refractivity contribution in [1.29, 1.82) is 0 Å². The van der Waals surface area contributed by atoms with E-state index in [1.54, 1.807) is 0 Å². The normalized spacial score (nSPS) is 15.8. The van der Waals surface area contributed by atoms with Crippen molar-refractivity contribution in [3.8, 4) is 11.4 Å². The number of benzene rings is 1. The van der Waals surface area contributed by atoms with Gasteiger partial charge in [0, 0.05) is 37.3 Å². The highest BCUT2D eigenvalue weighted by atomic mass is 35.5. The molecular weight excluding hydrogens is 402 g/mol. The van der Waals surface area contributed by atoms with Crippen LogP contribution in [-0.2, 0) is 4.74 Å². The standard InChI is InChI=1S/C18H22ClN5O5/c1-12(10-22-4-6-29-7-5-22)9-20-18(26)17-16(25)11-23(21-17)15-8-13(19)2-3-14(15)24(27)28/h2-3,8,11-12,25H,4-7,9-10H2,1H3,(H,20,26)/t12-/m0/s1. The summed E-state index contributed by atoms with van der Waals surface area (Å²) in [5.74, 6) is -0.743. The number of carbonyl (C=O) groups is 1. The van der Waals surface area contributed by atoms with Crippen molar-refractivity contribution in [1.82, 2.24) is 20.0 Å². The minimum absolute atomic E-state index is 0.0533. The summed E-state index contributed by atoms with van der Waals surface area (Å²) >= 11 is 5.93. The van der Waals surface area contributed by atoms with Crippen LogP contribution in [0.5, 0.6) is 5.75 Å². The maximum atomic E-state index is 12.5. The fourth-order valence-corrected chi connectivity index (χ4v) is 3.29. The van der Waals surface area contributed by atoms with Crippen molar-refractivity contribution in [2.75, 3.05) is 39.4 Å². The van der Waals surface area contributed by atoms with E-state index < -0.39 is 10.8 Å². The maximum absolute atomic E-state index is 12.5. The molecule has 2 aromatic rings. The van der Waals surface area contributed by atoms with E-state index in [1.807, 2.05) is 6.92 Å². The van der Waals surface area contributed by atoms with E-state index in [2.05, 4.69) is 15.3 Å². The third-order valence-electron chi connectivity index (χ3n) is 4.58. The first-order valence-electron chi connectivity index (χ1n) is 9.16. The Hall–Kier alpha value is -2.69. The fourth-order valence-electron chi connectivity index (χ4n) is 3.12. The Kier molecular flexibility index (Phi) is 6.68. The van der Waals surface area contributed by atoms with E-state index in [9.17, 15) is 20.0 Å². The van der Waals surface area contributed by atoms with Crippen LogP contribution in [0.15, 0.2) is 24.4 Å². The summed E-state index contributed by atoms with van der Waals surface area (Å²) in [4.78, 5) is 25.4. The minimum Gasteiger partial charge on any atom is -0.504 e.